The van der Waals surface area contributed by atoms with Gasteiger partial charge in [-0.2, -0.15) is 0 Å². The van der Waals surface area contributed by atoms with Crippen molar-refractivity contribution >= 4 is 11.9 Å². The van der Waals surface area contributed by atoms with Crippen LogP contribution in [0, 0.1) is 0 Å². The van der Waals surface area contributed by atoms with Gasteiger partial charge in [-0.15, -0.1) is 0 Å². The molecular formula is C24H26N4O. The molecule has 5 heteroatoms. The van der Waals surface area contributed by atoms with Crippen LogP contribution in [0.3, 0.4) is 0 Å². The van der Waals surface area contributed by atoms with Crippen molar-refractivity contribution in [2.24, 2.45) is 0 Å². The number of hydrogen-bond donors (Lipinski definition) is 2. The Bertz CT molecular complexity index is 917. The predicted octanol–water partition coefficient (Wildman–Crippen LogP) is 4.82. The van der Waals surface area contributed by atoms with Gasteiger partial charge >= 0.3 is 0 Å². The van der Waals surface area contributed by atoms with Crippen LogP contribution in [0.4, 0.5) is 5.95 Å². The summed E-state index contributed by atoms with van der Waals surface area (Å²) in [5.41, 5.74) is 3.80. The Labute approximate surface area is 171 Å². The number of carbonyl (C=O) groups is 1. The molecule has 0 spiro atoms. The Morgan fingerprint density at radius 3 is 2.24 bits per heavy atom. The van der Waals surface area contributed by atoms with Gasteiger partial charge in [-0.05, 0) is 36.1 Å². The Kier molecular flexibility index (Phi) is 6.15. The van der Waals surface area contributed by atoms with Gasteiger partial charge in [-0.3, -0.25) is 4.79 Å². The van der Waals surface area contributed by atoms with Crippen molar-refractivity contribution < 1.29 is 4.79 Å². The van der Waals surface area contributed by atoms with Gasteiger partial charge in [0.05, 0.1) is 0 Å². The molecule has 1 aliphatic rings. The maximum Gasteiger partial charge on any atom is 0.251 e. The molecule has 1 fully saturated rings. The van der Waals surface area contributed by atoms with Crippen LogP contribution < -0.4 is 10.6 Å². The fraction of sp³-hybridized carbons (Fsp3) is 0.292. The van der Waals surface area contributed by atoms with E-state index in [0.717, 1.165) is 24.0 Å². The van der Waals surface area contributed by atoms with E-state index >= 15 is 0 Å². The van der Waals surface area contributed by atoms with Crippen molar-refractivity contribution in [3.8, 4) is 11.1 Å². The van der Waals surface area contributed by atoms with E-state index in [4.69, 9.17) is 0 Å². The summed E-state index contributed by atoms with van der Waals surface area (Å²) in [6.45, 7) is 0.686. The van der Waals surface area contributed by atoms with Gasteiger partial charge in [0.2, 0.25) is 5.95 Å². The number of anilines is 1. The molecule has 148 valence electrons. The highest BCUT2D eigenvalue weighted by atomic mass is 16.1. The molecule has 0 radical (unpaired) electrons. The molecule has 0 atom stereocenters. The molecule has 2 aromatic carbocycles. The van der Waals surface area contributed by atoms with Crippen LogP contribution in [-0.2, 0) is 6.54 Å². The van der Waals surface area contributed by atoms with Crippen molar-refractivity contribution in [1.82, 2.24) is 15.3 Å². The minimum atomic E-state index is 0.0140. The number of nitrogens with zero attached hydrogens (tertiary/aromatic N) is 2. The van der Waals surface area contributed by atoms with Gasteiger partial charge in [0.1, 0.15) is 0 Å². The summed E-state index contributed by atoms with van der Waals surface area (Å²) in [6, 6.07) is 18.1. The van der Waals surface area contributed by atoms with Gasteiger partial charge in [-0.25, -0.2) is 9.97 Å². The number of aromatic nitrogens is 2. The highest BCUT2D eigenvalue weighted by Crippen LogP contribution is 2.20. The van der Waals surface area contributed by atoms with Crippen LogP contribution in [0.15, 0.2) is 67.0 Å². The molecule has 3 aromatic rings. The van der Waals surface area contributed by atoms with E-state index < -0.39 is 0 Å². The summed E-state index contributed by atoms with van der Waals surface area (Å²) < 4.78 is 0. The Hall–Kier alpha value is -3.21. The third kappa shape index (κ3) is 5.19. The highest BCUT2D eigenvalue weighted by molar-refractivity contribution is 5.94. The third-order valence-electron chi connectivity index (χ3n) is 5.37. The van der Waals surface area contributed by atoms with Gasteiger partial charge in [-0.1, -0.05) is 61.7 Å². The molecule has 0 saturated heterocycles. The van der Waals surface area contributed by atoms with E-state index in [2.05, 4.69) is 32.7 Å². The smallest absolute Gasteiger partial charge is 0.251 e. The van der Waals surface area contributed by atoms with E-state index in [-0.39, 0.29) is 5.91 Å². The average molecular weight is 386 g/mol. The fourth-order valence-corrected chi connectivity index (χ4v) is 3.68. The number of hydrogen-bond acceptors (Lipinski definition) is 4. The second kappa shape index (κ2) is 9.32. The zero-order valence-corrected chi connectivity index (χ0v) is 16.5. The molecule has 4 rings (SSSR count). The number of carbonyl (C=O) groups excluding carboxylic acids is 1. The van der Waals surface area contributed by atoms with Crippen LogP contribution in [-0.4, -0.2) is 21.9 Å². The lowest BCUT2D eigenvalue weighted by Gasteiger charge is -2.22. The summed E-state index contributed by atoms with van der Waals surface area (Å²) in [7, 11) is 0. The molecule has 1 aliphatic carbocycles. The molecular weight excluding hydrogens is 360 g/mol. The molecule has 2 N–H and O–H groups in total. The SMILES string of the molecule is O=C(NC1CCCCC1)c1ccc(-c2cnc(NCc3ccccc3)nc2)cc1. The molecule has 5 nitrogen and oxygen atoms in total. The monoisotopic (exact) mass is 386 g/mol. The number of rotatable bonds is 6. The van der Waals surface area contributed by atoms with Crippen LogP contribution in [0.5, 0.6) is 0 Å². The first-order chi connectivity index (χ1) is 14.3. The first-order valence-corrected chi connectivity index (χ1v) is 10.3. The van der Waals surface area contributed by atoms with E-state index in [9.17, 15) is 4.79 Å². The summed E-state index contributed by atoms with van der Waals surface area (Å²) in [5.74, 6) is 0.612. The third-order valence-corrected chi connectivity index (χ3v) is 5.37. The normalized spacial score (nSPS) is 14.3. The molecule has 0 aliphatic heterocycles. The molecule has 1 saturated carbocycles. The summed E-state index contributed by atoms with van der Waals surface area (Å²) in [4.78, 5) is 21.3. The largest absolute Gasteiger partial charge is 0.350 e. The fourth-order valence-electron chi connectivity index (χ4n) is 3.68. The lowest BCUT2D eigenvalue weighted by Crippen LogP contribution is -2.36. The minimum absolute atomic E-state index is 0.0140. The zero-order valence-electron chi connectivity index (χ0n) is 16.5. The van der Waals surface area contributed by atoms with Gasteiger partial charge in [0.15, 0.2) is 0 Å². The van der Waals surface area contributed by atoms with Crippen LogP contribution in [0.1, 0.15) is 48.0 Å². The number of nitrogens with one attached hydrogen (secondary N) is 2. The zero-order chi connectivity index (χ0) is 19.9. The molecule has 29 heavy (non-hydrogen) atoms. The second-order valence-corrected chi connectivity index (χ2v) is 7.52. The van der Waals surface area contributed by atoms with Crippen molar-refractivity contribution in [3.05, 3.63) is 78.1 Å². The summed E-state index contributed by atoms with van der Waals surface area (Å²) in [5, 5.41) is 6.38. The van der Waals surface area contributed by atoms with Crippen LogP contribution in [0.2, 0.25) is 0 Å². The maximum absolute atomic E-state index is 12.5. The Balaban J connectivity index is 1.35. The maximum atomic E-state index is 12.5. The van der Waals surface area contributed by atoms with Gasteiger partial charge < -0.3 is 10.6 Å². The van der Waals surface area contributed by atoms with E-state index in [1.54, 1.807) is 12.4 Å². The standard InChI is InChI=1S/C24H26N4O/c29-23(28-22-9-5-2-6-10-22)20-13-11-19(12-14-20)21-16-26-24(27-17-21)25-15-18-7-3-1-4-8-18/h1,3-4,7-8,11-14,16-17,22H,2,5-6,9-10,15H2,(H,28,29)(H,25,26,27). The van der Waals surface area contributed by atoms with E-state index in [1.807, 2.05) is 42.5 Å². The van der Waals surface area contributed by atoms with Crippen molar-refractivity contribution in [2.45, 2.75) is 44.7 Å². The van der Waals surface area contributed by atoms with Crippen molar-refractivity contribution in [3.63, 3.8) is 0 Å². The molecule has 0 unspecified atom stereocenters. The topological polar surface area (TPSA) is 66.9 Å². The lowest BCUT2D eigenvalue weighted by molar-refractivity contribution is 0.0927. The Morgan fingerprint density at radius 1 is 0.862 bits per heavy atom. The summed E-state index contributed by atoms with van der Waals surface area (Å²) in [6.07, 6.45) is 9.48. The predicted molar refractivity (Wildman–Crippen MR) is 116 cm³/mol. The highest BCUT2D eigenvalue weighted by Gasteiger charge is 2.16. The number of benzene rings is 2. The van der Waals surface area contributed by atoms with Crippen molar-refractivity contribution in [1.29, 1.82) is 0 Å². The molecule has 1 heterocycles. The molecule has 0 bridgehead atoms. The van der Waals surface area contributed by atoms with Crippen LogP contribution >= 0.6 is 0 Å². The first-order valence-electron chi connectivity index (χ1n) is 10.3. The minimum Gasteiger partial charge on any atom is -0.350 e. The van der Waals surface area contributed by atoms with Gasteiger partial charge in [0.25, 0.3) is 5.91 Å². The van der Waals surface area contributed by atoms with Crippen molar-refractivity contribution in [2.75, 3.05) is 5.32 Å². The van der Waals surface area contributed by atoms with E-state index in [1.165, 1.54) is 24.8 Å². The van der Waals surface area contributed by atoms with Gasteiger partial charge in [0, 0.05) is 36.1 Å². The number of amides is 1. The van der Waals surface area contributed by atoms with Crippen LogP contribution in [0.25, 0.3) is 11.1 Å². The van der Waals surface area contributed by atoms with E-state index in [0.29, 0.717) is 24.1 Å². The second-order valence-electron chi connectivity index (χ2n) is 7.52. The quantitative estimate of drug-likeness (QED) is 0.637. The molecule has 1 amide bonds. The summed E-state index contributed by atoms with van der Waals surface area (Å²) >= 11 is 0. The Morgan fingerprint density at radius 2 is 1.55 bits per heavy atom. The average Bonchev–Trinajstić information content (AvgIpc) is 2.79. The molecule has 1 aromatic heterocycles. The lowest BCUT2D eigenvalue weighted by atomic mass is 9.95. The first kappa shape index (κ1) is 19.1.